The molecule has 0 fully saturated rings. The molecule has 2 heteroatoms. The molecule has 2 heterocycles. The van der Waals surface area contributed by atoms with Gasteiger partial charge in [-0.25, -0.2) is 0 Å². The predicted octanol–water partition coefficient (Wildman–Crippen LogP) is 17.5. The van der Waals surface area contributed by atoms with Gasteiger partial charge in [-0.1, -0.05) is 173 Å². The highest BCUT2D eigenvalue weighted by molar-refractivity contribution is 6.12. The van der Waals surface area contributed by atoms with Crippen molar-refractivity contribution < 1.29 is 0 Å². The largest absolute Gasteiger partial charge is 0.309 e. The molecule has 0 spiro atoms. The van der Waals surface area contributed by atoms with E-state index in [0.29, 0.717) is 0 Å². The van der Waals surface area contributed by atoms with Crippen LogP contribution >= 0.6 is 0 Å². The molecule has 2 aromatic heterocycles. The molecular weight excluding hydrogens is 821 g/mol. The van der Waals surface area contributed by atoms with Crippen molar-refractivity contribution in [2.24, 2.45) is 0 Å². The molecule has 68 heavy (non-hydrogen) atoms. The lowest BCUT2D eigenvalue weighted by Crippen LogP contribution is -2.17. The van der Waals surface area contributed by atoms with E-state index in [0.717, 1.165) is 0 Å². The number of hydrogen-bond donors (Lipinski definition) is 0. The lowest BCUT2D eigenvalue weighted by atomic mass is 9.79. The van der Waals surface area contributed by atoms with Crippen molar-refractivity contribution in [1.82, 2.24) is 9.13 Å². The molecule has 14 rings (SSSR count). The maximum Gasteiger partial charge on any atom is 0.0541 e. The molecule has 2 nitrogen and oxygen atoms in total. The summed E-state index contributed by atoms with van der Waals surface area (Å²) in [6, 6.07) is 76.9. The van der Waals surface area contributed by atoms with Gasteiger partial charge in [0.05, 0.1) is 27.8 Å². The van der Waals surface area contributed by atoms with Crippen LogP contribution in [0, 0.1) is 0 Å². The zero-order valence-corrected chi connectivity index (χ0v) is 38.7. The van der Waals surface area contributed by atoms with Crippen LogP contribution in [-0.2, 0) is 10.8 Å². The Hall–Kier alpha value is -8.20. The topological polar surface area (TPSA) is 9.86 Å². The van der Waals surface area contributed by atoms with Crippen LogP contribution in [0.15, 0.2) is 206 Å². The first-order valence-corrected chi connectivity index (χ1v) is 24.0. The highest BCUT2D eigenvalue weighted by Gasteiger charge is 2.42. The summed E-state index contributed by atoms with van der Waals surface area (Å²) >= 11 is 0. The average Bonchev–Trinajstić information content (AvgIpc) is 4.03. The fourth-order valence-electron chi connectivity index (χ4n) is 12.2. The standard InChI is InChI=1S/C66H48N2/c1-65(2)56-36-42(26-25-41-28-33-63-54(35-41)50-20-10-12-22-61(50)67(63)46-17-6-5-7-18-46)27-31-48(56)52-39-59-53(40-58(52)65)49-32-29-45(38-57(49)66(59,3)4)44-30-34-64-55(37-44)51-21-11-13-23-62(51)68(64)60-24-14-16-43-15-8-9-19-47(43)60/h5-40H,1-4H3/b26-25+. The van der Waals surface area contributed by atoms with Crippen LogP contribution in [0.3, 0.4) is 0 Å². The third kappa shape index (κ3) is 5.52. The lowest BCUT2D eigenvalue weighted by Gasteiger charge is -2.24. The van der Waals surface area contributed by atoms with E-state index in [1.165, 1.54) is 133 Å². The fraction of sp³-hybridized carbons (Fsp3) is 0.0909. The molecule has 0 unspecified atom stereocenters. The Morgan fingerprint density at radius 2 is 0.809 bits per heavy atom. The van der Waals surface area contributed by atoms with Gasteiger partial charge in [-0.15, -0.1) is 0 Å². The van der Waals surface area contributed by atoms with Gasteiger partial charge in [0.25, 0.3) is 0 Å². The van der Waals surface area contributed by atoms with Gasteiger partial charge >= 0.3 is 0 Å². The van der Waals surface area contributed by atoms with E-state index in [1.54, 1.807) is 0 Å². The van der Waals surface area contributed by atoms with Gasteiger partial charge in [-0.05, 0) is 145 Å². The smallest absolute Gasteiger partial charge is 0.0541 e. The van der Waals surface area contributed by atoms with E-state index in [2.05, 4.69) is 255 Å². The van der Waals surface area contributed by atoms with Gasteiger partial charge in [0.2, 0.25) is 0 Å². The summed E-state index contributed by atoms with van der Waals surface area (Å²) < 4.78 is 4.82. The Balaban J connectivity index is 0.799. The zero-order chi connectivity index (χ0) is 45.5. The summed E-state index contributed by atoms with van der Waals surface area (Å²) in [5, 5.41) is 7.59. The molecule has 322 valence electrons. The molecule has 0 radical (unpaired) electrons. The van der Waals surface area contributed by atoms with Crippen LogP contribution < -0.4 is 0 Å². The lowest BCUT2D eigenvalue weighted by molar-refractivity contribution is 0.652. The molecule has 0 aliphatic heterocycles. The van der Waals surface area contributed by atoms with E-state index in [9.17, 15) is 0 Å². The van der Waals surface area contributed by atoms with Gasteiger partial charge in [0.15, 0.2) is 0 Å². The van der Waals surface area contributed by atoms with Crippen LogP contribution in [0.4, 0.5) is 0 Å². The minimum atomic E-state index is -0.158. The van der Waals surface area contributed by atoms with Crippen LogP contribution in [0.25, 0.3) is 111 Å². The van der Waals surface area contributed by atoms with Gasteiger partial charge in [-0.2, -0.15) is 0 Å². The predicted molar refractivity (Wildman–Crippen MR) is 289 cm³/mol. The molecular formula is C66H48N2. The van der Waals surface area contributed by atoms with E-state index in [1.807, 2.05) is 0 Å². The van der Waals surface area contributed by atoms with Gasteiger partial charge in [-0.3, -0.25) is 0 Å². The Kier molecular flexibility index (Phi) is 8.12. The number of fused-ring (bicyclic) bond motifs is 13. The molecule has 2 aliphatic carbocycles. The van der Waals surface area contributed by atoms with Crippen molar-refractivity contribution in [2.45, 2.75) is 38.5 Å². The summed E-state index contributed by atoms with van der Waals surface area (Å²) in [6.07, 6.45) is 4.56. The van der Waals surface area contributed by atoms with Crippen molar-refractivity contribution in [3.8, 4) is 44.8 Å². The maximum atomic E-state index is 2.53. The molecule has 0 amide bonds. The molecule has 0 N–H and O–H groups in total. The maximum absolute atomic E-state index is 2.53. The Labute approximate surface area is 396 Å². The normalized spacial score (nSPS) is 14.4. The first-order valence-electron chi connectivity index (χ1n) is 24.0. The van der Waals surface area contributed by atoms with Crippen molar-refractivity contribution in [1.29, 1.82) is 0 Å². The van der Waals surface area contributed by atoms with Crippen molar-refractivity contribution >= 4 is 66.5 Å². The summed E-state index contributed by atoms with van der Waals surface area (Å²) in [5.74, 6) is 0. The first-order chi connectivity index (χ1) is 33.2. The molecule has 0 saturated heterocycles. The second kappa shape index (κ2) is 14.2. The number of rotatable bonds is 5. The summed E-state index contributed by atoms with van der Waals surface area (Å²) in [5.41, 5.74) is 23.0. The van der Waals surface area contributed by atoms with Crippen LogP contribution in [-0.4, -0.2) is 9.13 Å². The van der Waals surface area contributed by atoms with Gasteiger partial charge in [0.1, 0.15) is 0 Å². The summed E-state index contributed by atoms with van der Waals surface area (Å²) in [6.45, 7) is 9.65. The van der Waals surface area contributed by atoms with E-state index in [4.69, 9.17) is 0 Å². The molecule has 0 bridgehead atoms. The second-order valence-electron chi connectivity index (χ2n) is 20.1. The number of aromatic nitrogens is 2. The van der Waals surface area contributed by atoms with Crippen LogP contribution in [0.1, 0.15) is 61.1 Å². The fourth-order valence-corrected chi connectivity index (χ4v) is 12.2. The van der Waals surface area contributed by atoms with Gasteiger partial charge < -0.3 is 9.13 Å². The monoisotopic (exact) mass is 868 g/mol. The number of para-hydroxylation sites is 3. The Bertz CT molecular complexity index is 4130. The number of benzene rings is 10. The zero-order valence-electron chi connectivity index (χ0n) is 38.7. The van der Waals surface area contributed by atoms with E-state index >= 15 is 0 Å². The van der Waals surface area contributed by atoms with Crippen molar-refractivity contribution in [3.05, 3.63) is 240 Å². The molecule has 2 aliphatic rings. The highest BCUT2D eigenvalue weighted by Crippen LogP contribution is 2.57. The third-order valence-corrected chi connectivity index (χ3v) is 15.7. The minimum Gasteiger partial charge on any atom is -0.309 e. The van der Waals surface area contributed by atoms with Gasteiger partial charge in [0, 0.05) is 43.4 Å². The highest BCUT2D eigenvalue weighted by atomic mass is 15.0. The van der Waals surface area contributed by atoms with E-state index < -0.39 is 0 Å². The number of nitrogens with zero attached hydrogens (tertiary/aromatic N) is 2. The summed E-state index contributed by atoms with van der Waals surface area (Å²) in [7, 11) is 0. The Morgan fingerprint density at radius 3 is 1.54 bits per heavy atom. The number of hydrogen-bond acceptors (Lipinski definition) is 0. The van der Waals surface area contributed by atoms with Crippen LogP contribution in [0.5, 0.6) is 0 Å². The molecule has 0 saturated carbocycles. The summed E-state index contributed by atoms with van der Waals surface area (Å²) in [4.78, 5) is 0. The first kappa shape index (κ1) is 39.0. The quantitative estimate of drug-likeness (QED) is 0.153. The minimum absolute atomic E-state index is 0.144. The average molecular weight is 869 g/mol. The van der Waals surface area contributed by atoms with Crippen molar-refractivity contribution in [3.63, 3.8) is 0 Å². The second-order valence-corrected chi connectivity index (χ2v) is 20.1. The molecule has 12 aromatic rings. The molecule has 0 atom stereocenters. The third-order valence-electron chi connectivity index (χ3n) is 15.7. The Morgan fingerprint density at radius 1 is 0.324 bits per heavy atom. The molecule has 10 aromatic carbocycles. The van der Waals surface area contributed by atoms with E-state index in [-0.39, 0.29) is 10.8 Å². The SMILES string of the molecule is CC1(C)c2cc(/C=C/c3ccc4c(c3)c3ccccc3n4-c3ccccc3)ccc2-c2cc3c(cc21)-c1ccc(-c2ccc4c(c2)c2ccccc2n4-c2cccc4ccccc24)cc1C3(C)C. The van der Waals surface area contributed by atoms with Crippen molar-refractivity contribution in [2.75, 3.05) is 0 Å². The van der Waals surface area contributed by atoms with Crippen LogP contribution in [0.2, 0.25) is 0 Å².